The molecular weight excluding hydrogens is 414 g/mol. The number of amides is 2. The third kappa shape index (κ3) is 6.36. The summed E-state index contributed by atoms with van der Waals surface area (Å²) in [5.41, 5.74) is -0.833. The van der Waals surface area contributed by atoms with Crippen LogP contribution < -0.4 is 4.74 Å². The molecule has 3 rings (SSSR count). The van der Waals surface area contributed by atoms with E-state index in [1.54, 1.807) is 12.1 Å². The predicted molar refractivity (Wildman–Crippen MR) is 123 cm³/mol. The number of hydrogen-bond donors (Lipinski definition) is 0. The van der Waals surface area contributed by atoms with Crippen molar-refractivity contribution in [3.63, 3.8) is 0 Å². The lowest BCUT2D eigenvalue weighted by Gasteiger charge is -2.45. The Morgan fingerprint density at radius 1 is 1.03 bits per heavy atom. The summed E-state index contributed by atoms with van der Waals surface area (Å²) in [6.45, 7) is 10.9. The number of piperazine rings is 1. The van der Waals surface area contributed by atoms with Crippen molar-refractivity contribution in [2.45, 2.75) is 40.0 Å². The normalized spacial score (nSPS) is 23.0. The Bertz CT molecular complexity index is 769. The SMILES string of the molecule is CN1CCN(C(=O)C[C@@]2(COc3ccc(Cl)cc3)CCCN(C(=O)C(C)(C)C)C2)CC1. The Hall–Kier alpha value is -1.79. The third-order valence-corrected chi connectivity index (χ3v) is 6.58. The van der Waals surface area contributed by atoms with E-state index in [4.69, 9.17) is 16.3 Å². The lowest BCUT2D eigenvalue weighted by molar-refractivity contribution is -0.147. The van der Waals surface area contributed by atoms with Crippen LogP contribution >= 0.6 is 11.6 Å². The van der Waals surface area contributed by atoms with E-state index in [1.165, 1.54) is 0 Å². The molecule has 2 aliphatic heterocycles. The molecular formula is C24H36ClN3O3. The largest absolute Gasteiger partial charge is 0.493 e. The first kappa shape index (κ1) is 23.9. The molecule has 0 aromatic heterocycles. The van der Waals surface area contributed by atoms with Crippen LogP contribution in [0.5, 0.6) is 5.75 Å². The van der Waals surface area contributed by atoms with Crippen molar-refractivity contribution in [1.29, 1.82) is 0 Å². The standard InChI is InChI=1S/C24H36ClN3O3/c1-23(2,3)22(30)28-11-5-10-24(17-28,18-31-20-8-6-19(25)7-9-20)16-21(29)27-14-12-26(4)13-15-27/h6-9H,5,10-18H2,1-4H3/t24-/m0/s1. The molecule has 2 fully saturated rings. The number of carbonyl (C=O) groups excluding carboxylic acids is 2. The number of likely N-dealkylation sites (tertiary alicyclic amines) is 1. The van der Waals surface area contributed by atoms with Crippen molar-refractivity contribution >= 4 is 23.4 Å². The van der Waals surface area contributed by atoms with Gasteiger partial charge >= 0.3 is 0 Å². The minimum absolute atomic E-state index is 0.134. The van der Waals surface area contributed by atoms with Gasteiger partial charge in [-0.05, 0) is 44.2 Å². The maximum atomic E-state index is 13.2. The Morgan fingerprint density at radius 2 is 1.68 bits per heavy atom. The zero-order chi connectivity index (χ0) is 22.6. The van der Waals surface area contributed by atoms with E-state index in [1.807, 2.05) is 42.7 Å². The minimum atomic E-state index is -0.443. The molecule has 0 radical (unpaired) electrons. The van der Waals surface area contributed by atoms with Crippen molar-refractivity contribution in [1.82, 2.24) is 14.7 Å². The summed E-state index contributed by atoms with van der Waals surface area (Å²) < 4.78 is 6.15. The second-order valence-corrected chi connectivity index (χ2v) is 10.6. The highest BCUT2D eigenvalue weighted by Gasteiger charge is 2.42. The van der Waals surface area contributed by atoms with Gasteiger partial charge < -0.3 is 19.4 Å². The molecule has 31 heavy (non-hydrogen) atoms. The van der Waals surface area contributed by atoms with Gasteiger partial charge in [-0.25, -0.2) is 0 Å². The summed E-state index contributed by atoms with van der Waals surface area (Å²) >= 11 is 6.00. The second kappa shape index (κ2) is 9.78. The van der Waals surface area contributed by atoms with Gasteiger partial charge in [0.15, 0.2) is 0 Å². The van der Waals surface area contributed by atoms with Crippen LogP contribution in [-0.4, -0.2) is 79.4 Å². The number of nitrogens with zero attached hydrogens (tertiary/aromatic N) is 3. The van der Waals surface area contributed by atoms with Crippen molar-refractivity contribution in [2.24, 2.45) is 10.8 Å². The van der Waals surface area contributed by atoms with Crippen LogP contribution in [0.4, 0.5) is 0 Å². The molecule has 0 spiro atoms. The number of hydrogen-bond acceptors (Lipinski definition) is 4. The first-order valence-corrected chi connectivity index (χ1v) is 11.6. The lowest BCUT2D eigenvalue weighted by atomic mass is 9.76. The van der Waals surface area contributed by atoms with E-state index in [0.717, 1.165) is 51.3 Å². The smallest absolute Gasteiger partial charge is 0.227 e. The summed E-state index contributed by atoms with van der Waals surface area (Å²) in [5, 5.41) is 0.659. The molecule has 1 aromatic carbocycles. The van der Waals surface area contributed by atoms with E-state index in [2.05, 4.69) is 11.9 Å². The van der Waals surface area contributed by atoms with Crippen LogP contribution in [0.25, 0.3) is 0 Å². The Morgan fingerprint density at radius 3 is 2.29 bits per heavy atom. The van der Waals surface area contributed by atoms with Gasteiger partial charge in [0, 0.05) is 61.5 Å². The molecule has 2 heterocycles. The van der Waals surface area contributed by atoms with Gasteiger partial charge in [0.25, 0.3) is 0 Å². The zero-order valence-electron chi connectivity index (χ0n) is 19.3. The fraction of sp³-hybridized carbons (Fsp3) is 0.667. The fourth-order valence-corrected chi connectivity index (χ4v) is 4.55. The average molecular weight is 450 g/mol. The Labute approximate surface area is 191 Å². The molecule has 7 heteroatoms. The first-order valence-electron chi connectivity index (χ1n) is 11.2. The van der Waals surface area contributed by atoms with Crippen LogP contribution in [0.3, 0.4) is 0 Å². The fourth-order valence-electron chi connectivity index (χ4n) is 4.42. The molecule has 6 nitrogen and oxygen atoms in total. The molecule has 2 aliphatic rings. The molecule has 2 amide bonds. The number of piperidine rings is 1. The highest BCUT2D eigenvalue weighted by atomic mass is 35.5. The summed E-state index contributed by atoms with van der Waals surface area (Å²) in [4.78, 5) is 32.4. The van der Waals surface area contributed by atoms with Crippen molar-refractivity contribution in [2.75, 3.05) is 52.9 Å². The summed E-state index contributed by atoms with van der Waals surface area (Å²) in [7, 11) is 2.08. The number of ether oxygens (including phenoxy) is 1. The van der Waals surface area contributed by atoms with Crippen LogP contribution in [0, 0.1) is 10.8 Å². The molecule has 0 aliphatic carbocycles. The van der Waals surface area contributed by atoms with E-state index < -0.39 is 5.41 Å². The van der Waals surface area contributed by atoms with E-state index >= 15 is 0 Å². The molecule has 1 aromatic rings. The zero-order valence-corrected chi connectivity index (χ0v) is 20.1. The lowest BCUT2D eigenvalue weighted by Crippen LogP contribution is -2.54. The van der Waals surface area contributed by atoms with E-state index in [9.17, 15) is 9.59 Å². The number of likely N-dealkylation sites (N-methyl/N-ethyl adjacent to an activating group) is 1. The monoisotopic (exact) mass is 449 g/mol. The third-order valence-electron chi connectivity index (χ3n) is 6.33. The van der Waals surface area contributed by atoms with Crippen molar-refractivity contribution in [3.05, 3.63) is 29.3 Å². The number of rotatable bonds is 5. The Kier molecular flexibility index (Phi) is 7.53. The second-order valence-electron chi connectivity index (χ2n) is 10.2. The molecule has 0 unspecified atom stereocenters. The highest BCUT2D eigenvalue weighted by Crippen LogP contribution is 2.37. The highest BCUT2D eigenvalue weighted by molar-refractivity contribution is 6.30. The van der Waals surface area contributed by atoms with Crippen LogP contribution in [0.2, 0.25) is 5.02 Å². The molecule has 0 saturated carbocycles. The van der Waals surface area contributed by atoms with Gasteiger partial charge in [-0.1, -0.05) is 32.4 Å². The van der Waals surface area contributed by atoms with Crippen molar-refractivity contribution < 1.29 is 14.3 Å². The van der Waals surface area contributed by atoms with Crippen LogP contribution in [0.1, 0.15) is 40.0 Å². The topological polar surface area (TPSA) is 53.1 Å². The quantitative estimate of drug-likeness (QED) is 0.690. The van der Waals surface area contributed by atoms with Crippen molar-refractivity contribution in [3.8, 4) is 5.75 Å². The van der Waals surface area contributed by atoms with Gasteiger partial charge in [0.1, 0.15) is 5.75 Å². The Balaban J connectivity index is 1.76. The van der Waals surface area contributed by atoms with Gasteiger partial charge in [0.05, 0.1) is 6.61 Å². The van der Waals surface area contributed by atoms with Crippen LogP contribution in [-0.2, 0) is 9.59 Å². The van der Waals surface area contributed by atoms with Crippen LogP contribution in [0.15, 0.2) is 24.3 Å². The van der Waals surface area contributed by atoms with Gasteiger partial charge in [0.2, 0.25) is 11.8 Å². The van der Waals surface area contributed by atoms with Gasteiger partial charge in [-0.15, -0.1) is 0 Å². The van der Waals surface area contributed by atoms with Gasteiger partial charge in [-0.3, -0.25) is 9.59 Å². The number of benzene rings is 1. The minimum Gasteiger partial charge on any atom is -0.493 e. The molecule has 1 atom stereocenters. The molecule has 0 bridgehead atoms. The van der Waals surface area contributed by atoms with E-state index in [-0.39, 0.29) is 17.2 Å². The number of halogens is 1. The summed E-state index contributed by atoms with van der Waals surface area (Å²) in [5.74, 6) is 1.03. The molecule has 0 N–H and O–H groups in total. The number of carbonyl (C=O) groups is 2. The average Bonchev–Trinajstić information content (AvgIpc) is 2.73. The van der Waals surface area contributed by atoms with E-state index in [0.29, 0.717) is 24.6 Å². The first-order chi connectivity index (χ1) is 14.6. The summed E-state index contributed by atoms with van der Waals surface area (Å²) in [6, 6.07) is 7.29. The summed E-state index contributed by atoms with van der Waals surface area (Å²) in [6.07, 6.45) is 2.15. The molecule has 2 saturated heterocycles. The maximum absolute atomic E-state index is 13.2. The molecule has 172 valence electrons. The maximum Gasteiger partial charge on any atom is 0.227 e. The van der Waals surface area contributed by atoms with Gasteiger partial charge in [-0.2, -0.15) is 0 Å². The predicted octanol–water partition coefficient (Wildman–Crippen LogP) is 3.54.